The minimum Gasteiger partial charge on any atom is -0.493 e. The maximum absolute atomic E-state index is 12.0. The Bertz CT molecular complexity index is 650. The third kappa shape index (κ3) is 4.39. The van der Waals surface area contributed by atoms with Crippen molar-refractivity contribution < 1.29 is 14.3 Å². The van der Waals surface area contributed by atoms with E-state index in [1.54, 1.807) is 12.0 Å². The molecule has 1 aromatic rings. The first-order valence-electron chi connectivity index (χ1n) is 9.27. The molecule has 1 aliphatic heterocycles. The fourth-order valence-electron chi connectivity index (χ4n) is 3.63. The Kier molecular flexibility index (Phi) is 5.85. The number of anilines is 1. The highest BCUT2D eigenvalue weighted by atomic mass is 16.5. The smallest absolute Gasteiger partial charge is 0.230 e. The summed E-state index contributed by atoms with van der Waals surface area (Å²) in [6.45, 7) is 2.77. The van der Waals surface area contributed by atoms with Gasteiger partial charge in [0.05, 0.1) is 25.5 Å². The van der Waals surface area contributed by atoms with Crippen LogP contribution in [0.5, 0.6) is 11.5 Å². The van der Waals surface area contributed by atoms with Gasteiger partial charge in [-0.25, -0.2) is 0 Å². The van der Waals surface area contributed by atoms with Crippen molar-refractivity contribution in [3.8, 4) is 11.5 Å². The average Bonchev–Trinajstić information content (AvgIpc) is 3.14. The molecule has 1 saturated heterocycles. The van der Waals surface area contributed by atoms with E-state index in [0.717, 1.165) is 43.1 Å². The second-order valence-corrected chi connectivity index (χ2v) is 6.93. The molecule has 142 valence electrons. The normalized spacial score (nSPS) is 18.0. The first kappa shape index (κ1) is 18.4. The molecule has 3 N–H and O–H groups in total. The second kappa shape index (κ2) is 8.29. The van der Waals surface area contributed by atoms with E-state index < -0.39 is 0 Å². The van der Waals surface area contributed by atoms with Crippen molar-refractivity contribution in [3.63, 3.8) is 0 Å². The Morgan fingerprint density at radius 1 is 1.19 bits per heavy atom. The summed E-state index contributed by atoms with van der Waals surface area (Å²) in [5.41, 5.74) is 6.41. The van der Waals surface area contributed by atoms with Crippen molar-refractivity contribution >= 4 is 17.4 Å². The molecule has 26 heavy (non-hydrogen) atoms. The molecule has 1 aromatic carbocycles. The fourth-order valence-corrected chi connectivity index (χ4v) is 3.63. The Morgan fingerprint density at radius 3 is 2.50 bits per heavy atom. The summed E-state index contributed by atoms with van der Waals surface area (Å²) in [6, 6.07) is 6.03. The quantitative estimate of drug-likeness (QED) is 0.598. The molecule has 0 bridgehead atoms. The van der Waals surface area contributed by atoms with E-state index in [-0.39, 0.29) is 24.3 Å². The van der Waals surface area contributed by atoms with E-state index in [1.807, 2.05) is 18.2 Å². The Hall–Kier alpha value is -2.44. The van der Waals surface area contributed by atoms with Crippen LogP contribution in [0.1, 0.15) is 32.1 Å². The molecule has 0 radical (unpaired) electrons. The summed E-state index contributed by atoms with van der Waals surface area (Å²) in [5.74, 6) is 1.40. The predicted molar refractivity (Wildman–Crippen MR) is 101 cm³/mol. The summed E-state index contributed by atoms with van der Waals surface area (Å²) in [4.78, 5) is 16.1. The first-order valence-corrected chi connectivity index (χ1v) is 9.27. The number of nitrogens with zero attached hydrogens (tertiary/aromatic N) is 2. The number of hydrogen-bond acceptors (Lipinski definition) is 5. The molecule has 0 spiro atoms. The van der Waals surface area contributed by atoms with Gasteiger partial charge in [0, 0.05) is 37.9 Å². The van der Waals surface area contributed by atoms with Crippen LogP contribution in [0.3, 0.4) is 0 Å². The number of piperazine rings is 1. The molecule has 0 unspecified atom stereocenters. The zero-order valence-corrected chi connectivity index (χ0v) is 15.4. The Morgan fingerprint density at radius 2 is 1.88 bits per heavy atom. The van der Waals surface area contributed by atoms with Crippen LogP contribution in [0.4, 0.5) is 5.69 Å². The lowest BCUT2D eigenvalue weighted by molar-refractivity contribution is -0.130. The lowest BCUT2D eigenvalue weighted by Gasteiger charge is -2.36. The van der Waals surface area contributed by atoms with E-state index >= 15 is 0 Å². The minimum atomic E-state index is -0.0821. The van der Waals surface area contributed by atoms with Crippen LogP contribution in [0.25, 0.3) is 0 Å². The zero-order chi connectivity index (χ0) is 18.5. The van der Waals surface area contributed by atoms with Crippen molar-refractivity contribution in [3.05, 3.63) is 18.2 Å². The maximum Gasteiger partial charge on any atom is 0.230 e. The third-order valence-corrected chi connectivity index (χ3v) is 5.08. The van der Waals surface area contributed by atoms with Gasteiger partial charge in [-0.15, -0.1) is 0 Å². The van der Waals surface area contributed by atoms with E-state index in [1.165, 1.54) is 12.8 Å². The third-order valence-electron chi connectivity index (χ3n) is 5.08. The van der Waals surface area contributed by atoms with Crippen LogP contribution in [0, 0.1) is 5.41 Å². The zero-order valence-electron chi connectivity index (χ0n) is 15.4. The van der Waals surface area contributed by atoms with E-state index in [0.29, 0.717) is 13.1 Å². The van der Waals surface area contributed by atoms with Gasteiger partial charge in [-0.1, -0.05) is 0 Å². The number of nitrogens with one attached hydrogen (secondary N) is 1. The number of benzene rings is 1. The van der Waals surface area contributed by atoms with Crippen molar-refractivity contribution in [2.24, 2.45) is 5.73 Å². The lowest BCUT2D eigenvalue weighted by atomic mass is 10.2. The maximum atomic E-state index is 12.0. The lowest BCUT2D eigenvalue weighted by Crippen LogP contribution is -2.49. The molecule has 7 nitrogen and oxygen atoms in total. The number of amides is 1. The molecule has 1 aliphatic carbocycles. The summed E-state index contributed by atoms with van der Waals surface area (Å²) < 4.78 is 11.6. The molecule has 7 heteroatoms. The minimum absolute atomic E-state index is 0.00190. The molecule has 1 saturated carbocycles. The molecular formula is C19H28N4O3. The van der Waals surface area contributed by atoms with E-state index in [4.69, 9.17) is 20.6 Å². The number of rotatable bonds is 6. The highest BCUT2D eigenvalue weighted by Crippen LogP contribution is 2.35. The van der Waals surface area contributed by atoms with E-state index in [9.17, 15) is 4.79 Å². The van der Waals surface area contributed by atoms with Crippen LogP contribution >= 0.6 is 0 Å². The van der Waals surface area contributed by atoms with Crippen molar-refractivity contribution in [2.45, 2.75) is 38.2 Å². The SMILES string of the molecule is COc1ccc(N2CCN(C(=O)CC(=N)N)CC2)cc1OC1CCCC1. The highest BCUT2D eigenvalue weighted by molar-refractivity contribution is 5.97. The van der Waals surface area contributed by atoms with Gasteiger partial charge in [0.1, 0.15) is 0 Å². The van der Waals surface area contributed by atoms with Gasteiger partial charge in [0.15, 0.2) is 11.5 Å². The summed E-state index contributed by atoms with van der Waals surface area (Å²) in [6.07, 6.45) is 4.93. The van der Waals surface area contributed by atoms with Crippen LogP contribution in [0.15, 0.2) is 18.2 Å². The van der Waals surface area contributed by atoms with Crippen molar-refractivity contribution in [1.82, 2.24) is 4.90 Å². The van der Waals surface area contributed by atoms with Crippen LogP contribution in [0.2, 0.25) is 0 Å². The standard InChI is InChI=1S/C19H28N4O3/c1-25-16-7-6-14(12-17(16)26-15-4-2-3-5-15)22-8-10-23(11-9-22)19(24)13-18(20)21/h6-7,12,15H,2-5,8-11,13H2,1H3,(H3,20,21). The second-order valence-electron chi connectivity index (χ2n) is 6.93. The average molecular weight is 360 g/mol. The summed E-state index contributed by atoms with van der Waals surface area (Å²) >= 11 is 0. The number of carbonyl (C=O) groups is 1. The highest BCUT2D eigenvalue weighted by Gasteiger charge is 2.23. The number of carbonyl (C=O) groups excluding carboxylic acids is 1. The van der Waals surface area contributed by atoms with Gasteiger partial charge in [-0.3, -0.25) is 10.2 Å². The predicted octanol–water partition coefficient (Wildman–Crippen LogP) is 1.99. The molecule has 1 heterocycles. The van der Waals surface area contributed by atoms with Crippen molar-refractivity contribution in [2.75, 3.05) is 38.2 Å². The van der Waals surface area contributed by atoms with Gasteiger partial charge in [-0.2, -0.15) is 0 Å². The van der Waals surface area contributed by atoms with Gasteiger partial charge in [0.25, 0.3) is 0 Å². The number of methoxy groups -OCH3 is 1. The number of amidine groups is 1. The van der Waals surface area contributed by atoms with E-state index in [2.05, 4.69) is 4.90 Å². The molecule has 2 fully saturated rings. The number of ether oxygens (including phenoxy) is 2. The molecule has 1 amide bonds. The number of nitrogens with two attached hydrogens (primary N) is 1. The number of hydrogen-bond donors (Lipinski definition) is 2. The monoisotopic (exact) mass is 360 g/mol. The molecule has 3 rings (SSSR count). The fraction of sp³-hybridized carbons (Fsp3) is 0.579. The van der Waals surface area contributed by atoms with Gasteiger partial charge < -0.3 is 25.0 Å². The van der Waals surface area contributed by atoms with Crippen LogP contribution in [-0.4, -0.2) is 56.0 Å². The topological polar surface area (TPSA) is 91.9 Å². The van der Waals surface area contributed by atoms with Crippen LogP contribution in [-0.2, 0) is 4.79 Å². The Labute approximate surface area is 154 Å². The largest absolute Gasteiger partial charge is 0.493 e. The molecule has 0 atom stereocenters. The first-order chi connectivity index (χ1) is 12.6. The summed E-state index contributed by atoms with van der Waals surface area (Å²) in [7, 11) is 1.66. The molecule has 0 aromatic heterocycles. The molecular weight excluding hydrogens is 332 g/mol. The Balaban J connectivity index is 1.64. The summed E-state index contributed by atoms with van der Waals surface area (Å²) in [5, 5.41) is 7.27. The molecule has 2 aliphatic rings. The van der Waals surface area contributed by atoms with Crippen molar-refractivity contribution in [1.29, 1.82) is 5.41 Å². The van der Waals surface area contributed by atoms with Gasteiger partial charge in [0.2, 0.25) is 5.91 Å². The van der Waals surface area contributed by atoms with Gasteiger partial charge in [-0.05, 0) is 37.8 Å². The van der Waals surface area contributed by atoms with Crippen LogP contribution < -0.4 is 20.1 Å². The van der Waals surface area contributed by atoms with Gasteiger partial charge >= 0.3 is 0 Å².